The first kappa shape index (κ1) is 15.2. The van der Waals surface area contributed by atoms with Gasteiger partial charge in [-0.05, 0) is 26.0 Å². The van der Waals surface area contributed by atoms with E-state index in [1.165, 1.54) is 11.8 Å². The molecule has 1 aliphatic rings. The number of thioether (sulfide) groups is 1. The van der Waals surface area contributed by atoms with E-state index in [-0.39, 0.29) is 12.0 Å². The lowest BCUT2D eigenvalue weighted by atomic mass is 10.3. The lowest BCUT2D eigenvalue weighted by Crippen LogP contribution is -2.45. The van der Waals surface area contributed by atoms with Gasteiger partial charge in [-0.15, -0.1) is 0 Å². The highest BCUT2D eigenvalue weighted by Gasteiger charge is 2.21. The minimum absolute atomic E-state index is 0.116. The summed E-state index contributed by atoms with van der Waals surface area (Å²) in [4.78, 5) is 23.3. The Morgan fingerprint density at radius 1 is 1.36 bits per heavy atom. The third-order valence-corrected chi connectivity index (χ3v) is 4.68. The number of para-hydroxylation sites is 2. The van der Waals surface area contributed by atoms with Crippen LogP contribution in [-0.2, 0) is 9.53 Å². The Morgan fingerprint density at radius 2 is 2.09 bits per heavy atom. The second-order valence-corrected chi connectivity index (χ2v) is 6.38. The van der Waals surface area contributed by atoms with Gasteiger partial charge in [0.25, 0.3) is 0 Å². The van der Waals surface area contributed by atoms with Crippen LogP contribution in [0.4, 0.5) is 0 Å². The molecule has 1 amide bonds. The zero-order valence-electron chi connectivity index (χ0n) is 12.8. The van der Waals surface area contributed by atoms with Crippen LogP contribution in [0.25, 0.3) is 11.0 Å². The van der Waals surface area contributed by atoms with Crippen molar-refractivity contribution in [3.05, 3.63) is 30.0 Å². The molecule has 22 heavy (non-hydrogen) atoms. The summed E-state index contributed by atoms with van der Waals surface area (Å²) in [5.41, 5.74) is 2.62. The van der Waals surface area contributed by atoms with Crippen molar-refractivity contribution in [2.75, 3.05) is 25.4 Å². The Hall–Kier alpha value is -1.66. The van der Waals surface area contributed by atoms with Crippen LogP contribution in [0.5, 0.6) is 0 Å². The van der Waals surface area contributed by atoms with Gasteiger partial charge in [-0.2, -0.15) is 0 Å². The van der Waals surface area contributed by atoms with Crippen LogP contribution in [0.2, 0.25) is 0 Å². The summed E-state index contributed by atoms with van der Waals surface area (Å²) in [7, 11) is 0. The van der Waals surface area contributed by atoms with Gasteiger partial charge >= 0.3 is 0 Å². The number of carbonyl (C=O) groups is 1. The third-order valence-electron chi connectivity index (χ3n) is 3.63. The molecule has 5 nitrogen and oxygen atoms in total. The lowest BCUT2D eigenvalue weighted by Gasteiger charge is -2.31. The van der Waals surface area contributed by atoms with Gasteiger partial charge in [-0.25, -0.2) is 9.97 Å². The average molecular weight is 317 g/mol. The third kappa shape index (κ3) is 3.39. The predicted octanol–water partition coefficient (Wildman–Crippen LogP) is 2.28. The Bertz CT molecular complexity index is 692. The van der Waals surface area contributed by atoms with E-state index in [0.29, 0.717) is 25.4 Å². The molecule has 0 saturated carbocycles. The average Bonchev–Trinajstić information content (AvgIpc) is 2.52. The lowest BCUT2D eigenvalue weighted by molar-refractivity contribution is -0.135. The number of ether oxygens (including phenoxy) is 1. The Labute approximate surface area is 134 Å². The number of rotatable bonds is 3. The van der Waals surface area contributed by atoms with Crippen molar-refractivity contribution in [3.63, 3.8) is 0 Å². The first-order valence-corrected chi connectivity index (χ1v) is 8.37. The largest absolute Gasteiger partial charge is 0.375 e. The van der Waals surface area contributed by atoms with E-state index in [9.17, 15) is 4.79 Å². The van der Waals surface area contributed by atoms with E-state index in [0.717, 1.165) is 21.8 Å². The molecule has 1 aliphatic heterocycles. The molecule has 0 N–H and O–H groups in total. The van der Waals surface area contributed by atoms with E-state index < -0.39 is 0 Å². The molecule has 3 rings (SSSR count). The summed E-state index contributed by atoms with van der Waals surface area (Å²) in [6.45, 7) is 5.88. The first-order valence-electron chi connectivity index (χ1n) is 7.39. The summed E-state index contributed by atoms with van der Waals surface area (Å²) in [6.07, 6.45) is 0.116. The second kappa shape index (κ2) is 6.62. The zero-order valence-corrected chi connectivity index (χ0v) is 13.6. The number of aromatic nitrogens is 2. The van der Waals surface area contributed by atoms with Crippen LogP contribution in [0.1, 0.15) is 12.6 Å². The Balaban J connectivity index is 1.68. The summed E-state index contributed by atoms with van der Waals surface area (Å²) in [5.74, 6) is 0.523. The molecule has 1 saturated heterocycles. The first-order chi connectivity index (χ1) is 10.6. The van der Waals surface area contributed by atoms with Gasteiger partial charge in [0.05, 0.1) is 35.2 Å². The quantitative estimate of drug-likeness (QED) is 0.813. The van der Waals surface area contributed by atoms with Crippen LogP contribution in [0.3, 0.4) is 0 Å². The monoisotopic (exact) mass is 317 g/mol. The standard InChI is InChI=1S/C16H19N3O2S/c1-11-9-19(7-8-21-11)15(20)10-22-16-12(2)17-13-5-3-4-6-14(13)18-16/h3-6,11H,7-10H2,1-2H3/t11-/m0/s1. The number of fused-ring (bicyclic) bond motifs is 1. The van der Waals surface area contributed by atoms with Gasteiger partial charge < -0.3 is 9.64 Å². The number of benzene rings is 1. The maximum Gasteiger partial charge on any atom is 0.233 e. The van der Waals surface area contributed by atoms with Crippen LogP contribution >= 0.6 is 11.8 Å². The van der Waals surface area contributed by atoms with Gasteiger partial charge in [0, 0.05) is 13.1 Å². The van der Waals surface area contributed by atoms with Crippen LogP contribution in [0, 0.1) is 6.92 Å². The fourth-order valence-corrected chi connectivity index (χ4v) is 3.34. The number of hydrogen-bond acceptors (Lipinski definition) is 5. The van der Waals surface area contributed by atoms with Gasteiger partial charge in [-0.1, -0.05) is 23.9 Å². The van der Waals surface area contributed by atoms with Crippen molar-refractivity contribution < 1.29 is 9.53 Å². The summed E-state index contributed by atoms with van der Waals surface area (Å²) in [5, 5.41) is 0.827. The van der Waals surface area contributed by atoms with E-state index >= 15 is 0 Å². The van der Waals surface area contributed by atoms with Crippen LogP contribution in [-0.4, -0.2) is 52.3 Å². The summed E-state index contributed by atoms with van der Waals surface area (Å²) < 4.78 is 5.47. The molecule has 2 heterocycles. The van der Waals surface area contributed by atoms with E-state index in [1.807, 2.05) is 43.0 Å². The van der Waals surface area contributed by atoms with Crippen molar-refractivity contribution in [1.29, 1.82) is 0 Å². The van der Waals surface area contributed by atoms with E-state index in [2.05, 4.69) is 9.97 Å². The topological polar surface area (TPSA) is 55.3 Å². The molecule has 6 heteroatoms. The summed E-state index contributed by atoms with van der Waals surface area (Å²) in [6, 6.07) is 7.79. The molecule has 1 atom stereocenters. The van der Waals surface area contributed by atoms with E-state index in [1.54, 1.807) is 0 Å². The molecular weight excluding hydrogens is 298 g/mol. The highest BCUT2D eigenvalue weighted by Crippen LogP contribution is 2.22. The number of carbonyl (C=O) groups excluding carboxylic acids is 1. The Kier molecular flexibility index (Phi) is 4.59. The molecule has 1 fully saturated rings. The molecule has 116 valence electrons. The fraction of sp³-hybridized carbons (Fsp3) is 0.438. The van der Waals surface area contributed by atoms with Gasteiger partial charge in [0.1, 0.15) is 5.03 Å². The maximum atomic E-state index is 12.3. The molecule has 1 aromatic heterocycles. The zero-order chi connectivity index (χ0) is 15.5. The molecule has 0 unspecified atom stereocenters. The van der Waals surface area contributed by atoms with Gasteiger partial charge in [0.15, 0.2) is 0 Å². The summed E-state index contributed by atoms with van der Waals surface area (Å²) >= 11 is 1.46. The van der Waals surface area contributed by atoms with Crippen LogP contribution in [0.15, 0.2) is 29.3 Å². The number of morpholine rings is 1. The number of amides is 1. The number of hydrogen-bond donors (Lipinski definition) is 0. The number of nitrogens with zero attached hydrogens (tertiary/aromatic N) is 3. The molecule has 0 radical (unpaired) electrons. The fourth-order valence-electron chi connectivity index (χ4n) is 2.48. The van der Waals surface area contributed by atoms with Crippen molar-refractivity contribution in [1.82, 2.24) is 14.9 Å². The minimum Gasteiger partial charge on any atom is -0.375 e. The van der Waals surface area contributed by atoms with Gasteiger partial charge in [0.2, 0.25) is 5.91 Å². The van der Waals surface area contributed by atoms with Crippen molar-refractivity contribution >= 4 is 28.7 Å². The van der Waals surface area contributed by atoms with E-state index in [4.69, 9.17) is 4.74 Å². The highest BCUT2D eigenvalue weighted by atomic mass is 32.2. The molecular formula is C16H19N3O2S. The van der Waals surface area contributed by atoms with Crippen LogP contribution < -0.4 is 0 Å². The second-order valence-electron chi connectivity index (χ2n) is 5.41. The molecule has 0 aliphatic carbocycles. The molecule has 2 aromatic rings. The SMILES string of the molecule is Cc1nc2ccccc2nc1SCC(=O)N1CCO[C@@H](C)C1. The molecule has 0 bridgehead atoms. The Morgan fingerprint density at radius 3 is 2.82 bits per heavy atom. The highest BCUT2D eigenvalue weighted by molar-refractivity contribution is 7.99. The van der Waals surface area contributed by atoms with Gasteiger partial charge in [-0.3, -0.25) is 4.79 Å². The number of aryl methyl sites for hydroxylation is 1. The smallest absolute Gasteiger partial charge is 0.233 e. The van der Waals surface area contributed by atoms with Crippen molar-refractivity contribution in [3.8, 4) is 0 Å². The molecule has 0 spiro atoms. The maximum absolute atomic E-state index is 12.3. The van der Waals surface area contributed by atoms with Crippen molar-refractivity contribution in [2.24, 2.45) is 0 Å². The predicted molar refractivity (Wildman–Crippen MR) is 87.0 cm³/mol. The molecule has 1 aromatic carbocycles. The normalized spacial score (nSPS) is 18.6. The van der Waals surface area contributed by atoms with Crippen molar-refractivity contribution in [2.45, 2.75) is 25.0 Å². The minimum atomic E-state index is 0.116.